The number of ether oxygens (including phenoxy) is 2. The monoisotopic (exact) mass is 749 g/mol. The van der Waals surface area contributed by atoms with Crippen molar-refractivity contribution >= 4 is 0 Å². The molecule has 7 aromatic carbocycles. The number of benzene rings is 7. The first kappa shape index (κ1) is 35.0. The van der Waals surface area contributed by atoms with Crippen LogP contribution in [0.1, 0.15) is 25.0 Å². The molecule has 0 unspecified atom stereocenters. The maximum Gasteiger partial charge on any atom is 0.139 e. The predicted octanol–water partition coefficient (Wildman–Crippen LogP) is 13.8. The van der Waals surface area contributed by atoms with Crippen LogP contribution < -0.4 is 9.47 Å². The Labute approximate surface area is 338 Å². The Balaban J connectivity index is 0.991. The molecule has 0 spiro atoms. The lowest BCUT2D eigenvalue weighted by Gasteiger charge is -2.36. The van der Waals surface area contributed by atoms with Gasteiger partial charge in [-0.2, -0.15) is 5.10 Å². The summed E-state index contributed by atoms with van der Waals surface area (Å²) in [5.41, 5.74) is 13.5. The molecule has 0 bridgehead atoms. The summed E-state index contributed by atoms with van der Waals surface area (Å²) in [6.45, 7) is 4.58. The molecule has 0 aliphatic carbocycles. The second-order valence-electron chi connectivity index (χ2n) is 15.1. The SMILES string of the molecule is CC1(C)c2cccc(-c3ccc(-c4cccc(Oc5cccc(-n6cccn6)c5)c4)nc3)c2Oc2c(-c3cc(-c4ccccc4)cc(-c4ccccc4)c3)cccc21. The summed E-state index contributed by atoms with van der Waals surface area (Å²) in [5, 5.41) is 4.34. The van der Waals surface area contributed by atoms with Gasteiger partial charge in [0.25, 0.3) is 0 Å². The highest BCUT2D eigenvalue weighted by molar-refractivity contribution is 5.86. The summed E-state index contributed by atoms with van der Waals surface area (Å²) in [6.07, 6.45) is 5.62. The summed E-state index contributed by atoms with van der Waals surface area (Å²) < 4.78 is 15.3. The minimum atomic E-state index is -0.319. The third-order valence-electron chi connectivity index (χ3n) is 11.1. The van der Waals surface area contributed by atoms with Gasteiger partial charge < -0.3 is 9.47 Å². The Bertz CT molecular complexity index is 2840. The van der Waals surface area contributed by atoms with Crippen LogP contribution in [0.3, 0.4) is 0 Å². The molecule has 1 aliphatic heterocycles. The second kappa shape index (κ2) is 14.5. The molecule has 5 nitrogen and oxygen atoms in total. The molecule has 278 valence electrons. The van der Waals surface area contributed by atoms with Crippen LogP contribution in [-0.2, 0) is 5.41 Å². The van der Waals surface area contributed by atoms with Gasteiger partial charge in [0.2, 0.25) is 0 Å². The van der Waals surface area contributed by atoms with E-state index in [1.807, 2.05) is 65.6 Å². The van der Waals surface area contributed by atoms with E-state index in [0.717, 1.165) is 84.5 Å². The molecule has 0 radical (unpaired) electrons. The van der Waals surface area contributed by atoms with Crippen molar-refractivity contribution in [2.75, 3.05) is 0 Å². The molecular formula is C53H39N3O2. The molecule has 1 aliphatic rings. The lowest BCUT2D eigenvalue weighted by Crippen LogP contribution is -2.25. The van der Waals surface area contributed by atoms with Crippen LogP contribution in [0.4, 0.5) is 0 Å². The maximum absolute atomic E-state index is 7.14. The van der Waals surface area contributed by atoms with Gasteiger partial charge >= 0.3 is 0 Å². The van der Waals surface area contributed by atoms with Gasteiger partial charge in [-0.25, -0.2) is 4.68 Å². The number of rotatable bonds is 8. The average molecular weight is 750 g/mol. The fourth-order valence-electron chi connectivity index (χ4n) is 8.05. The highest BCUT2D eigenvalue weighted by Crippen LogP contribution is 2.54. The molecule has 3 heterocycles. The third kappa shape index (κ3) is 6.53. The molecule has 0 atom stereocenters. The standard InChI is InChI=1S/C53H39N3O2/c1-53(2)48-24-11-22-46(39-26-27-50(54-35-39)38-18-9-20-44(33-38)57-45-21-10-19-43(34-45)56-29-13-28-55-56)51(48)58-52-47(23-12-25-49(52)53)42-31-40(36-14-5-3-6-15-36)30-41(32-42)37-16-7-4-8-17-37/h3-35H,1-2H3. The fourth-order valence-corrected chi connectivity index (χ4v) is 8.05. The normalized spacial score (nSPS) is 12.6. The highest BCUT2D eigenvalue weighted by Gasteiger charge is 2.37. The van der Waals surface area contributed by atoms with E-state index >= 15 is 0 Å². The van der Waals surface area contributed by atoms with E-state index in [0.29, 0.717) is 0 Å². The van der Waals surface area contributed by atoms with Gasteiger partial charge in [0.15, 0.2) is 0 Å². The highest BCUT2D eigenvalue weighted by atomic mass is 16.5. The van der Waals surface area contributed by atoms with Crippen molar-refractivity contribution in [3.63, 3.8) is 0 Å². The van der Waals surface area contributed by atoms with Crippen molar-refractivity contribution in [2.45, 2.75) is 19.3 Å². The van der Waals surface area contributed by atoms with Gasteiger partial charge in [0.05, 0.1) is 11.4 Å². The number of aromatic nitrogens is 3. The molecule has 9 aromatic rings. The van der Waals surface area contributed by atoms with Crippen LogP contribution in [0.25, 0.3) is 61.5 Å². The Morgan fingerprint density at radius 3 is 1.69 bits per heavy atom. The van der Waals surface area contributed by atoms with Crippen LogP contribution >= 0.6 is 0 Å². The Morgan fingerprint density at radius 1 is 0.483 bits per heavy atom. The molecule has 58 heavy (non-hydrogen) atoms. The molecule has 5 heteroatoms. The van der Waals surface area contributed by atoms with Crippen molar-refractivity contribution in [3.8, 4) is 84.5 Å². The number of nitrogens with zero attached hydrogens (tertiary/aromatic N) is 3. The van der Waals surface area contributed by atoms with Crippen molar-refractivity contribution in [2.24, 2.45) is 0 Å². The third-order valence-corrected chi connectivity index (χ3v) is 11.1. The number of hydrogen-bond donors (Lipinski definition) is 0. The quantitative estimate of drug-likeness (QED) is 0.155. The van der Waals surface area contributed by atoms with Gasteiger partial charge in [-0.15, -0.1) is 0 Å². The maximum atomic E-state index is 7.14. The first-order valence-corrected chi connectivity index (χ1v) is 19.5. The van der Waals surface area contributed by atoms with Crippen molar-refractivity contribution in [1.82, 2.24) is 14.8 Å². The molecule has 10 rings (SSSR count). The summed E-state index contributed by atoms with van der Waals surface area (Å²) in [5.74, 6) is 3.20. The van der Waals surface area contributed by atoms with E-state index in [4.69, 9.17) is 14.5 Å². The van der Waals surface area contributed by atoms with E-state index in [2.05, 4.69) is 152 Å². The van der Waals surface area contributed by atoms with Crippen LogP contribution in [0, 0.1) is 0 Å². The van der Waals surface area contributed by atoms with Gasteiger partial charge in [-0.1, -0.05) is 135 Å². The van der Waals surface area contributed by atoms with Crippen molar-refractivity contribution in [1.29, 1.82) is 0 Å². The minimum absolute atomic E-state index is 0.319. The zero-order chi connectivity index (χ0) is 39.1. The van der Waals surface area contributed by atoms with Crippen molar-refractivity contribution < 1.29 is 9.47 Å². The average Bonchev–Trinajstić information content (AvgIpc) is 3.83. The lowest BCUT2D eigenvalue weighted by atomic mass is 9.74. The molecule has 0 N–H and O–H groups in total. The van der Waals surface area contributed by atoms with E-state index < -0.39 is 0 Å². The molecule has 0 saturated heterocycles. The van der Waals surface area contributed by atoms with Crippen molar-refractivity contribution in [3.05, 3.63) is 212 Å². The predicted molar refractivity (Wildman–Crippen MR) is 234 cm³/mol. The van der Waals surface area contributed by atoms with Gasteiger partial charge in [-0.3, -0.25) is 4.98 Å². The number of fused-ring (bicyclic) bond motifs is 2. The Morgan fingerprint density at radius 2 is 1.07 bits per heavy atom. The van der Waals surface area contributed by atoms with Crippen LogP contribution in [-0.4, -0.2) is 14.8 Å². The summed E-state index contributed by atoms with van der Waals surface area (Å²) >= 11 is 0. The zero-order valence-electron chi connectivity index (χ0n) is 32.2. The van der Waals surface area contributed by atoms with Gasteiger partial charge in [0.1, 0.15) is 23.0 Å². The van der Waals surface area contributed by atoms with E-state index in [-0.39, 0.29) is 5.41 Å². The van der Waals surface area contributed by atoms with E-state index in [1.54, 1.807) is 6.20 Å². The molecule has 0 saturated carbocycles. The van der Waals surface area contributed by atoms with Crippen LogP contribution in [0.2, 0.25) is 0 Å². The molecule has 0 amide bonds. The number of pyridine rings is 1. The second-order valence-corrected chi connectivity index (χ2v) is 15.1. The lowest BCUT2D eigenvalue weighted by molar-refractivity contribution is 0.421. The minimum Gasteiger partial charge on any atom is -0.457 e. The Kier molecular flexibility index (Phi) is 8.76. The van der Waals surface area contributed by atoms with Gasteiger partial charge in [-0.05, 0) is 82.4 Å². The summed E-state index contributed by atoms with van der Waals surface area (Å²) in [7, 11) is 0. The first-order valence-electron chi connectivity index (χ1n) is 19.5. The largest absolute Gasteiger partial charge is 0.457 e. The zero-order valence-corrected chi connectivity index (χ0v) is 32.2. The summed E-state index contributed by atoms with van der Waals surface area (Å²) in [4.78, 5) is 4.97. The fraction of sp³-hybridized carbons (Fsp3) is 0.0566. The van der Waals surface area contributed by atoms with E-state index in [9.17, 15) is 0 Å². The molecule has 0 fully saturated rings. The Hall–Kier alpha value is -7.50. The number of hydrogen-bond acceptors (Lipinski definition) is 4. The number of para-hydroxylation sites is 2. The van der Waals surface area contributed by atoms with Crippen LogP contribution in [0.15, 0.2) is 201 Å². The first-order chi connectivity index (χ1) is 28.5. The molecular weight excluding hydrogens is 711 g/mol. The molecule has 2 aromatic heterocycles. The van der Waals surface area contributed by atoms with Gasteiger partial charge in [0, 0.05) is 63.5 Å². The smallest absolute Gasteiger partial charge is 0.139 e. The van der Waals surface area contributed by atoms with Crippen LogP contribution in [0.5, 0.6) is 23.0 Å². The van der Waals surface area contributed by atoms with E-state index in [1.165, 1.54) is 11.1 Å². The summed E-state index contributed by atoms with van der Waals surface area (Å²) in [6, 6.07) is 63.1. The topological polar surface area (TPSA) is 49.2 Å².